The van der Waals surface area contributed by atoms with Crippen molar-refractivity contribution in [2.24, 2.45) is 0 Å². The molecule has 128 valence electrons. The highest BCUT2D eigenvalue weighted by Crippen LogP contribution is 2.23. The van der Waals surface area contributed by atoms with Gasteiger partial charge in [0, 0.05) is 22.6 Å². The number of aryl methyl sites for hydroxylation is 2. The van der Waals surface area contributed by atoms with Crippen LogP contribution < -0.4 is 5.32 Å². The second-order valence-corrected chi connectivity index (χ2v) is 6.55. The van der Waals surface area contributed by atoms with Gasteiger partial charge >= 0.3 is 0 Å². The van der Waals surface area contributed by atoms with Crippen molar-refractivity contribution < 1.29 is 9.21 Å². The van der Waals surface area contributed by atoms with Gasteiger partial charge in [-0.3, -0.25) is 4.79 Å². The quantitative estimate of drug-likeness (QED) is 0.668. The molecule has 6 heteroatoms. The molecule has 0 saturated heterocycles. The standard InChI is InChI=1S/C19H19N3O2S/c1-3-18-21-22-19(24-18)14-8-10-15(11-9-14)20-17(23)12-25-16-7-5-4-6-13(16)2/h4-11H,3,12H2,1-2H3,(H,20,23). The number of thioether (sulfide) groups is 1. The number of anilines is 1. The Hall–Kier alpha value is -2.60. The van der Waals surface area contributed by atoms with Crippen molar-refractivity contribution in [3.8, 4) is 11.5 Å². The number of carbonyl (C=O) groups excluding carboxylic acids is 1. The van der Waals surface area contributed by atoms with Crippen LogP contribution in [0.25, 0.3) is 11.5 Å². The summed E-state index contributed by atoms with van der Waals surface area (Å²) in [5.74, 6) is 1.44. The summed E-state index contributed by atoms with van der Waals surface area (Å²) in [6.45, 7) is 4.01. The lowest BCUT2D eigenvalue weighted by Gasteiger charge is -2.07. The van der Waals surface area contributed by atoms with Gasteiger partial charge in [0.05, 0.1) is 5.75 Å². The molecule has 5 nitrogen and oxygen atoms in total. The van der Waals surface area contributed by atoms with E-state index in [1.54, 1.807) is 0 Å². The normalized spacial score (nSPS) is 10.6. The SMILES string of the molecule is CCc1nnc(-c2ccc(NC(=O)CSc3ccccc3C)cc2)o1. The van der Waals surface area contributed by atoms with Gasteiger partial charge in [0.2, 0.25) is 17.7 Å². The van der Waals surface area contributed by atoms with Crippen molar-refractivity contribution in [1.29, 1.82) is 0 Å². The second-order valence-electron chi connectivity index (χ2n) is 5.53. The Bertz CT molecular complexity index is 859. The number of nitrogens with one attached hydrogen (secondary N) is 1. The van der Waals surface area contributed by atoms with E-state index < -0.39 is 0 Å². The summed E-state index contributed by atoms with van der Waals surface area (Å²) in [6, 6.07) is 15.4. The zero-order valence-electron chi connectivity index (χ0n) is 14.2. The van der Waals surface area contributed by atoms with Gasteiger partial charge in [-0.25, -0.2) is 0 Å². The zero-order chi connectivity index (χ0) is 17.6. The van der Waals surface area contributed by atoms with Crippen molar-refractivity contribution in [3.63, 3.8) is 0 Å². The summed E-state index contributed by atoms with van der Waals surface area (Å²) in [5, 5.41) is 10.9. The molecule has 0 atom stereocenters. The fraction of sp³-hybridized carbons (Fsp3) is 0.211. The van der Waals surface area contributed by atoms with Crippen LogP contribution in [0.3, 0.4) is 0 Å². The van der Waals surface area contributed by atoms with Gasteiger partial charge in [-0.05, 0) is 42.8 Å². The van der Waals surface area contributed by atoms with Gasteiger partial charge in [-0.15, -0.1) is 22.0 Å². The van der Waals surface area contributed by atoms with Gasteiger partial charge < -0.3 is 9.73 Å². The summed E-state index contributed by atoms with van der Waals surface area (Å²) in [5.41, 5.74) is 2.75. The Labute approximate surface area is 150 Å². The van der Waals surface area contributed by atoms with Crippen molar-refractivity contribution in [2.45, 2.75) is 25.2 Å². The van der Waals surface area contributed by atoms with Crippen molar-refractivity contribution in [2.75, 3.05) is 11.1 Å². The van der Waals surface area contributed by atoms with Gasteiger partial charge in [0.25, 0.3) is 0 Å². The molecule has 0 bridgehead atoms. The van der Waals surface area contributed by atoms with E-state index in [0.29, 0.717) is 24.0 Å². The minimum atomic E-state index is -0.0351. The molecule has 0 aliphatic heterocycles. The van der Waals surface area contributed by atoms with Crippen molar-refractivity contribution in [3.05, 3.63) is 60.0 Å². The lowest BCUT2D eigenvalue weighted by atomic mass is 10.2. The third kappa shape index (κ3) is 4.48. The summed E-state index contributed by atoms with van der Waals surface area (Å²) < 4.78 is 5.53. The van der Waals surface area contributed by atoms with E-state index in [4.69, 9.17) is 4.42 Å². The Balaban J connectivity index is 1.57. The molecule has 2 aromatic carbocycles. The molecule has 0 radical (unpaired) electrons. The predicted octanol–water partition coefficient (Wildman–Crippen LogP) is 4.34. The molecule has 0 fully saturated rings. The molecular formula is C19H19N3O2S. The molecule has 0 aliphatic carbocycles. The van der Waals surface area contributed by atoms with Crippen LogP contribution in [0.15, 0.2) is 57.8 Å². The first-order chi connectivity index (χ1) is 12.2. The molecule has 1 N–H and O–H groups in total. The number of hydrogen-bond acceptors (Lipinski definition) is 5. The van der Waals surface area contributed by atoms with E-state index in [-0.39, 0.29) is 5.91 Å². The minimum Gasteiger partial charge on any atom is -0.421 e. The fourth-order valence-electron chi connectivity index (χ4n) is 2.27. The monoisotopic (exact) mass is 353 g/mol. The Morgan fingerprint density at radius 1 is 1.12 bits per heavy atom. The van der Waals surface area contributed by atoms with Crippen LogP contribution in [0.4, 0.5) is 5.69 Å². The van der Waals surface area contributed by atoms with Gasteiger partial charge in [-0.1, -0.05) is 25.1 Å². The maximum absolute atomic E-state index is 12.1. The highest BCUT2D eigenvalue weighted by atomic mass is 32.2. The largest absolute Gasteiger partial charge is 0.421 e. The molecule has 25 heavy (non-hydrogen) atoms. The molecule has 0 saturated carbocycles. The first-order valence-corrected chi connectivity index (χ1v) is 9.05. The second kappa shape index (κ2) is 7.98. The molecule has 3 rings (SSSR count). The average molecular weight is 353 g/mol. The van der Waals surface area contributed by atoms with Crippen LogP contribution in [0, 0.1) is 6.92 Å². The Kier molecular flexibility index (Phi) is 5.50. The number of amides is 1. The minimum absolute atomic E-state index is 0.0351. The molecule has 0 aliphatic rings. The third-order valence-electron chi connectivity index (χ3n) is 3.64. The molecule has 1 amide bonds. The van der Waals surface area contributed by atoms with Crippen LogP contribution in [0.2, 0.25) is 0 Å². The number of nitrogens with zero attached hydrogens (tertiary/aromatic N) is 2. The van der Waals surface area contributed by atoms with Crippen LogP contribution in [0.1, 0.15) is 18.4 Å². The number of rotatable bonds is 6. The fourth-order valence-corrected chi connectivity index (χ4v) is 3.10. The zero-order valence-corrected chi connectivity index (χ0v) is 15.0. The first kappa shape index (κ1) is 17.2. The molecule has 1 aromatic heterocycles. The summed E-state index contributed by atoms with van der Waals surface area (Å²) in [7, 11) is 0. The number of hydrogen-bond donors (Lipinski definition) is 1. The third-order valence-corrected chi connectivity index (χ3v) is 4.81. The maximum atomic E-state index is 12.1. The van der Waals surface area contributed by atoms with E-state index >= 15 is 0 Å². The topological polar surface area (TPSA) is 68.0 Å². The average Bonchev–Trinajstić information content (AvgIpc) is 3.11. The lowest BCUT2D eigenvalue weighted by molar-refractivity contribution is -0.113. The molecule has 0 spiro atoms. The predicted molar refractivity (Wildman–Crippen MR) is 99.6 cm³/mol. The van der Waals surface area contributed by atoms with E-state index in [2.05, 4.69) is 15.5 Å². The van der Waals surface area contributed by atoms with E-state index in [1.165, 1.54) is 17.3 Å². The van der Waals surface area contributed by atoms with E-state index in [0.717, 1.165) is 16.1 Å². The smallest absolute Gasteiger partial charge is 0.247 e. The summed E-state index contributed by atoms with van der Waals surface area (Å²) in [4.78, 5) is 13.2. The molecular weight excluding hydrogens is 334 g/mol. The van der Waals surface area contributed by atoms with E-state index in [9.17, 15) is 4.79 Å². The van der Waals surface area contributed by atoms with Gasteiger partial charge in [-0.2, -0.15) is 0 Å². The number of aromatic nitrogens is 2. The molecule has 0 unspecified atom stereocenters. The summed E-state index contributed by atoms with van der Waals surface area (Å²) in [6.07, 6.45) is 0.708. The lowest BCUT2D eigenvalue weighted by Crippen LogP contribution is -2.13. The van der Waals surface area contributed by atoms with Gasteiger partial charge in [0.15, 0.2) is 0 Å². The van der Waals surface area contributed by atoms with Crippen molar-refractivity contribution in [1.82, 2.24) is 10.2 Å². The first-order valence-electron chi connectivity index (χ1n) is 8.07. The number of carbonyl (C=O) groups is 1. The van der Waals surface area contributed by atoms with Gasteiger partial charge in [0.1, 0.15) is 0 Å². The maximum Gasteiger partial charge on any atom is 0.247 e. The molecule has 3 aromatic rings. The van der Waals surface area contributed by atoms with Crippen LogP contribution in [-0.4, -0.2) is 21.9 Å². The van der Waals surface area contributed by atoms with Crippen LogP contribution in [0.5, 0.6) is 0 Å². The highest BCUT2D eigenvalue weighted by Gasteiger charge is 2.09. The molecule has 1 heterocycles. The summed E-state index contributed by atoms with van der Waals surface area (Å²) >= 11 is 1.53. The Morgan fingerprint density at radius 3 is 2.56 bits per heavy atom. The van der Waals surface area contributed by atoms with Crippen LogP contribution in [-0.2, 0) is 11.2 Å². The highest BCUT2D eigenvalue weighted by molar-refractivity contribution is 8.00. The van der Waals surface area contributed by atoms with Crippen molar-refractivity contribution >= 4 is 23.4 Å². The number of benzene rings is 2. The van der Waals surface area contributed by atoms with Crippen LogP contribution >= 0.6 is 11.8 Å². The van der Waals surface area contributed by atoms with E-state index in [1.807, 2.05) is 62.4 Å². The Morgan fingerprint density at radius 2 is 1.88 bits per heavy atom.